The number of likely N-dealkylation sites (N-methyl/N-ethyl adjacent to an activating group) is 1. The van der Waals surface area contributed by atoms with E-state index in [0.29, 0.717) is 12.1 Å². The summed E-state index contributed by atoms with van der Waals surface area (Å²) in [7, 11) is 2.16. The summed E-state index contributed by atoms with van der Waals surface area (Å²) in [5.74, 6) is 0. The van der Waals surface area contributed by atoms with Gasteiger partial charge < -0.3 is 20.3 Å². The summed E-state index contributed by atoms with van der Waals surface area (Å²) in [6, 6.07) is 0.676. The number of ether oxygens (including phenoxy) is 1. The van der Waals surface area contributed by atoms with Crippen LogP contribution in [0, 0.1) is 0 Å². The quantitative estimate of drug-likeness (QED) is 0.711. The summed E-state index contributed by atoms with van der Waals surface area (Å²) in [5.41, 5.74) is 0. The maximum atomic E-state index is 5.71. The molecule has 4 nitrogen and oxygen atoms in total. The minimum atomic E-state index is 0.377. The zero-order chi connectivity index (χ0) is 11.2. The van der Waals surface area contributed by atoms with E-state index in [0.717, 1.165) is 32.8 Å². The first-order valence-electron chi connectivity index (χ1n) is 6.59. The topological polar surface area (TPSA) is 36.5 Å². The van der Waals surface area contributed by atoms with Crippen molar-refractivity contribution in [3.8, 4) is 0 Å². The van der Waals surface area contributed by atoms with E-state index in [9.17, 15) is 0 Å². The van der Waals surface area contributed by atoms with Crippen LogP contribution in [0.1, 0.15) is 19.3 Å². The Bertz CT molecular complexity index is 195. The van der Waals surface area contributed by atoms with Crippen LogP contribution in [0.2, 0.25) is 0 Å². The molecule has 2 N–H and O–H groups in total. The maximum absolute atomic E-state index is 5.71. The van der Waals surface area contributed by atoms with Crippen LogP contribution in [0.25, 0.3) is 0 Å². The zero-order valence-electron chi connectivity index (χ0n) is 10.4. The van der Waals surface area contributed by atoms with Crippen LogP contribution in [-0.2, 0) is 4.74 Å². The SMILES string of the molecule is CN1CCOC(CNCC2CCCCN2)C1. The summed E-state index contributed by atoms with van der Waals surface area (Å²) >= 11 is 0. The monoisotopic (exact) mass is 227 g/mol. The Balaban J connectivity index is 1.56. The highest BCUT2D eigenvalue weighted by atomic mass is 16.5. The smallest absolute Gasteiger partial charge is 0.0826 e. The number of hydrogen-bond acceptors (Lipinski definition) is 4. The van der Waals surface area contributed by atoms with E-state index >= 15 is 0 Å². The van der Waals surface area contributed by atoms with Crippen molar-refractivity contribution in [1.29, 1.82) is 0 Å². The predicted molar refractivity (Wildman–Crippen MR) is 65.7 cm³/mol. The van der Waals surface area contributed by atoms with Crippen LogP contribution in [0.15, 0.2) is 0 Å². The second-order valence-electron chi connectivity index (χ2n) is 5.06. The Morgan fingerprint density at radius 1 is 1.38 bits per heavy atom. The lowest BCUT2D eigenvalue weighted by molar-refractivity contribution is -0.0182. The van der Waals surface area contributed by atoms with Crippen LogP contribution in [0.4, 0.5) is 0 Å². The molecule has 0 bridgehead atoms. The van der Waals surface area contributed by atoms with E-state index in [1.807, 2.05) is 0 Å². The molecule has 0 aliphatic carbocycles. The molecule has 2 fully saturated rings. The Hall–Kier alpha value is -0.160. The van der Waals surface area contributed by atoms with Gasteiger partial charge in [-0.3, -0.25) is 0 Å². The third-order valence-corrected chi connectivity index (χ3v) is 3.52. The Morgan fingerprint density at radius 2 is 2.31 bits per heavy atom. The van der Waals surface area contributed by atoms with E-state index in [1.165, 1.54) is 25.8 Å². The Kier molecular flexibility index (Phi) is 5.03. The lowest BCUT2D eigenvalue weighted by Gasteiger charge is -2.31. The van der Waals surface area contributed by atoms with E-state index < -0.39 is 0 Å². The Morgan fingerprint density at radius 3 is 3.06 bits per heavy atom. The van der Waals surface area contributed by atoms with E-state index in [4.69, 9.17) is 4.74 Å². The molecule has 0 amide bonds. The Labute approximate surface area is 98.7 Å². The van der Waals surface area contributed by atoms with Gasteiger partial charge in [-0.2, -0.15) is 0 Å². The van der Waals surface area contributed by atoms with Gasteiger partial charge in [0.25, 0.3) is 0 Å². The highest BCUT2D eigenvalue weighted by Crippen LogP contribution is 2.06. The first kappa shape index (κ1) is 12.3. The van der Waals surface area contributed by atoms with Gasteiger partial charge >= 0.3 is 0 Å². The van der Waals surface area contributed by atoms with E-state index in [2.05, 4.69) is 22.6 Å². The molecular formula is C12H25N3O. The minimum absolute atomic E-state index is 0.377. The fourth-order valence-electron chi connectivity index (χ4n) is 2.51. The molecule has 0 radical (unpaired) electrons. The van der Waals surface area contributed by atoms with Crippen LogP contribution < -0.4 is 10.6 Å². The average Bonchev–Trinajstić information content (AvgIpc) is 2.30. The molecule has 2 aliphatic rings. The lowest BCUT2D eigenvalue weighted by Crippen LogP contribution is -2.48. The molecule has 2 unspecified atom stereocenters. The van der Waals surface area contributed by atoms with Crippen molar-refractivity contribution in [3.63, 3.8) is 0 Å². The van der Waals surface area contributed by atoms with Gasteiger partial charge in [0.05, 0.1) is 12.7 Å². The first-order chi connectivity index (χ1) is 7.84. The maximum Gasteiger partial charge on any atom is 0.0826 e. The second-order valence-corrected chi connectivity index (χ2v) is 5.06. The molecule has 0 spiro atoms. The molecule has 4 heteroatoms. The van der Waals surface area contributed by atoms with Gasteiger partial charge in [0.15, 0.2) is 0 Å². The fourth-order valence-corrected chi connectivity index (χ4v) is 2.51. The minimum Gasteiger partial charge on any atom is -0.374 e. The number of nitrogens with one attached hydrogen (secondary N) is 2. The molecule has 0 saturated carbocycles. The number of piperidine rings is 1. The molecule has 94 valence electrons. The van der Waals surface area contributed by atoms with Crippen molar-refractivity contribution in [3.05, 3.63) is 0 Å². The van der Waals surface area contributed by atoms with Crippen molar-refractivity contribution in [2.75, 3.05) is 46.4 Å². The summed E-state index contributed by atoms with van der Waals surface area (Å²) in [6.07, 6.45) is 4.41. The highest BCUT2D eigenvalue weighted by Gasteiger charge is 2.18. The summed E-state index contributed by atoms with van der Waals surface area (Å²) in [4.78, 5) is 2.34. The normalized spacial score (nSPS) is 32.8. The average molecular weight is 227 g/mol. The number of hydrogen-bond donors (Lipinski definition) is 2. The second kappa shape index (κ2) is 6.55. The summed E-state index contributed by atoms with van der Waals surface area (Å²) in [6.45, 7) is 6.28. The molecule has 0 aromatic heterocycles. The van der Waals surface area contributed by atoms with Gasteiger partial charge in [-0.05, 0) is 26.4 Å². The van der Waals surface area contributed by atoms with Crippen molar-refractivity contribution in [1.82, 2.24) is 15.5 Å². The molecule has 2 rings (SSSR count). The fraction of sp³-hybridized carbons (Fsp3) is 1.00. The number of nitrogens with zero attached hydrogens (tertiary/aromatic N) is 1. The van der Waals surface area contributed by atoms with Gasteiger partial charge in [-0.15, -0.1) is 0 Å². The van der Waals surface area contributed by atoms with Gasteiger partial charge in [0, 0.05) is 32.2 Å². The third kappa shape index (κ3) is 4.01. The number of rotatable bonds is 4. The highest BCUT2D eigenvalue weighted by molar-refractivity contribution is 4.76. The summed E-state index contributed by atoms with van der Waals surface area (Å²) < 4.78 is 5.71. The van der Waals surface area contributed by atoms with Gasteiger partial charge in [-0.25, -0.2) is 0 Å². The summed E-state index contributed by atoms with van der Waals surface area (Å²) in [5, 5.41) is 7.08. The van der Waals surface area contributed by atoms with Crippen LogP contribution in [0.5, 0.6) is 0 Å². The standard InChI is InChI=1S/C12H25N3O/c1-15-6-7-16-12(10-15)9-13-8-11-4-2-3-5-14-11/h11-14H,2-10H2,1H3. The lowest BCUT2D eigenvalue weighted by atomic mass is 10.1. The third-order valence-electron chi connectivity index (χ3n) is 3.52. The molecule has 16 heavy (non-hydrogen) atoms. The first-order valence-corrected chi connectivity index (χ1v) is 6.59. The van der Waals surface area contributed by atoms with Crippen LogP contribution in [0.3, 0.4) is 0 Å². The molecule has 0 aromatic rings. The van der Waals surface area contributed by atoms with Crippen LogP contribution >= 0.6 is 0 Å². The van der Waals surface area contributed by atoms with E-state index in [-0.39, 0.29) is 0 Å². The van der Waals surface area contributed by atoms with Crippen molar-refractivity contribution < 1.29 is 4.74 Å². The van der Waals surface area contributed by atoms with Crippen LogP contribution in [-0.4, -0.2) is 63.4 Å². The number of morpholine rings is 1. The predicted octanol–water partition coefficient (Wildman–Crippen LogP) is 0.0487. The molecule has 2 atom stereocenters. The molecule has 2 heterocycles. The molecule has 0 aromatic carbocycles. The van der Waals surface area contributed by atoms with Crippen molar-refractivity contribution in [2.24, 2.45) is 0 Å². The van der Waals surface area contributed by atoms with Crippen molar-refractivity contribution >= 4 is 0 Å². The van der Waals surface area contributed by atoms with Gasteiger partial charge in [0.1, 0.15) is 0 Å². The molecule has 2 aliphatic heterocycles. The molecular weight excluding hydrogens is 202 g/mol. The molecule has 2 saturated heterocycles. The zero-order valence-corrected chi connectivity index (χ0v) is 10.4. The van der Waals surface area contributed by atoms with Gasteiger partial charge in [-0.1, -0.05) is 6.42 Å². The largest absolute Gasteiger partial charge is 0.374 e. The van der Waals surface area contributed by atoms with Gasteiger partial charge in [0.2, 0.25) is 0 Å². The van der Waals surface area contributed by atoms with Crippen molar-refractivity contribution in [2.45, 2.75) is 31.4 Å². The van der Waals surface area contributed by atoms with E-state index in [1.54, 1.807) is 0 Å².